The van der Waals surface area contributed by atoms with Crippen LogP contribution >= 0.6 is 0 Å². The van der Waals surface area contributed by atoms with Crippen molar-refractivity contribution < 1.29 is 9.18 Å². The number of ketones is 1. The second-order valence-corrected chi connectivity index (χ2v) is 7.10. The molecule has 7 nitrogen and oxygen atoms in total. The second kappa shape index (κ2) is 7.07. The SMILES string of the molecule is Nc1nc2cc(-c3ccn[nH]3)ccc2c2cn(CC(=O)Cc3ccccc3F)nc12. The van der Waals surface area contributed by atoms with Gasteiger partial charge in [0.05, 0.1) is 17.8 Å². The number of pyridine rings is 1. The number of Topliss-reactive ketones (excluding diaryl/α,β-unsaturated/α-hetero) is 1. The molecule has 0 saturated heterocycles. The monoisotopic (exact) mass is 400 g/mol. The van der Waals surface area contributed by atoms with Crippen LogP contribution in [0.1, 0.15) is 5.56 Å². The smallest absolute Gasteiger partial charge is 0.158 e. The lowest BCUT2D eigenvalue weighted by Crippen LogP contribution is -2.13. The zero-order valence-electron chi connectivity index (χ0n) is 15.8. The molecule has 148 valence electrons. The number of halogens is 1. The molecular formula is C22H17FN6O. The third-order valence-corrected chi connectivity index (χ3v) is 5.03. The molecule has 0 bridgehead atoms. The first-order valence-corrected chi connectivity index (χ1v) is 9.40. The molecule has 3 heterocycles. The third kappa shape index (κ3) is 3.18. The van der Waals surface area contributed by atoms with Crippen molar-refractivity contribution in [2.45, 2.75) is 13.0 Å². The number of H-pyrrole nitrogens is 1. The maximum Gasteiger partial charge on any atom is 0.158 e. The highest BCUT2D eigenvalue weighted by molar-refractivity contribution is 6.08. The van der Waals surface area contributed by atoms with Crippen LogP contribution in [0.5, 0.6) is 0 Å². The van der Waals surface area contributed by atoms with Crippen LogP contribution in [-0.2, 0) is 17.8 Å². The number of fused-ring (bicyclic) bond motifs is 3. The summed E-state index contributed by atoms with van der Waals surface area (Å²) in [6, 6.07) is 14.0. The third-order valence-electron chi connectivity index (χ3n) is 5.03. The Kier molecular flexibility index (Phi) is 4.24. The average molecular weight is 400 g/mol. The number of anilines is 1. The van der Waals surface area contributed by atoms with Gasteiger partial charge in [-0.15, -0.1) is 0 Å². The van der Waals surface area contributed by atoms with Crippen LogP contribution in [0.25, 0.3) is 33.1 Å². The molecule has 0 aliphatic heterocycles. The van der Waals surface area contributed by atoms with Crippen LogP contribution in [0.3, 0.4) is 0 Å². The van der Waals surface area contributed by atoms with E-state index in [1.54, 1.807) is 30.6 Å². The Hall–Kier alpha value is -4.07. The lowest BCUT2D eigenvalue weighted by atomic mass is 10.1. The number of rotatable bonds is 5. The zero-order chi connectivity index (χ0) is 20.7. The predicted octanol–water partition coefficient (Wildman–Crippen LogP) is 3.51. The summed E-state index contributed by atoms with van der Waals surface area (Å²) in [7, 11) is 0. The fourth-order valence-corrected chi connectivity index (χ4v) is 3.60. The van der Waals surface area contributed by atoms with Crippen molar-refractivity contribution in [3.05, 3.63) is 72.3 Å². The van der Waals surface area contributed by atoms with Crippen LogP contribution in [0.4, 0.5) is 10.2 Å². The van der Waals surface area contributed by atoms with Gasteiger partial charge in [-0.1, -0.05) is 30.3 Å². The van der Waals surface area contributed by atoms with Crippen LogP contribution in [0.2, 0.25) is 0 Å². The molecule has 0 saturated carbocycles. The lowest BCUT2D eigenvalue weighted by Gasteiger charge is -2.03. The lowest BCUT2D eigenvalue weighted by molar-refractivity contribution is -0.119. The van der Waals surface area contributed by atoms with E-state index in [9.17, 15) is 9.18 Å². The van der Waals surface area contributed by atoms with Gasteiger partial charge in [-0.25, -0.2) is 9.37 Å². The summed E-state index contributed by atoms with van der Waals surface area (Å²) in [6.07, 6.45) is 3.47. The first kappa shape index (κ1) is 18.0. The predicted molar refractivity (Wildman–Crippen MR) is 112 cm³/mol. The van der Waals surface area contributed by atoms with Crippen molar-refractivity contribution in [2.75, 3.05) is 5.73 Å². The van der Waals surface area contributed by atoms with Crippen molar-refractivity contribution in [3.8, 4) is 11.3 Å². The zero-order valence-corrected chi connectivity index (χ0v) is 15.8. The fourth-order valence-electron chi connectivity index (χ4n) is 3.60. The standard InChI is InChI=1S/C22H17FN6O/c23-18-4-2-1-3-13(18)9-15(30)11-29-12-17-16-6-5-14(19-7-8-25-27-19)10-20(16)26-22(24)21(17)28-29/h1-8,10,12H,9,11H2,(H2,24,26)(H,25,27). The number of hydrogen-bond donors (Lipinski definition) is 2. The van der Waals surface area contributed by atoms with E-state index >= 15 is 0 Å². The Bertz CT molecular complexity index is 1390. The molecule has 0 amide bonds. The minimum atomic E-state index is -0.385. The Morgan fingerprint density at radius 1 is 1.13 bits per heavy atom. The molecule has 0 aliphatic carbocycles. The van der Waals surface area contributed by atoms with Gasteiger partial charge in [0.1, 0.15) is 11.3 Å². The number of nitrogens with two attached hydrogens (primary N) is 1. The topological polar surface area (TPSA) is 102 Å². The van der Waals surface area contributed by atoms with Gasteiger partial charge < -0.3 is 5.73 Å². The molecule has 0 aliphatic rings. The molecule has 0 radical (unpaired) electrons. The summed E-state index contributed by atoms with van der Waals surface area (Å²) < 4.78 is 15.3. The number of nitrogens with zero attached hydrogens (tertiary/aromatic N) is 4. The molecule has 30 heavy (non-hydrogen) atoms. The van der Waals surface area contributed by atoms with Crippen molar-refractivity contribution in [1.82, 2.24) is 25.0 Å². The summed E-state index contributed by atoms with van der Waals surface area (Å²) in [5.74, 6) is -0.242. The van der Waals surface area contributed by atoms with Gasteiger partial charge in [0.2, 0.25) is 0 Å². The van der Waals surface area contributed by atoms with Gasteiger partial charge in [0.25, 0.3) is 0 Å². The highest BCUT2D eigenvalue weighted by Crippen LogP contribution is 2.30. The van der Waals surface area contributed by atoms with Gasteiger partial charge >= 0.3 is 0 Å². The van der Waals surface area contributed by atoms with Gasteiger partial charge in [-0.05, 0) is 23.8 Å². The van der Waals surface area contributed by atoms with Gasteiger partial charge in [0, 0.05) is 35.2 Å². The number of hydrogen-bond acceptors (Lipinski definition) is 5. The summed E-state index contributed by atoms with van der Waals surface area (Å²) >= 11 is 0. The van der Waals surface area contributed by atoms with E-state index in [0.717, 1.165) is 27.5 Å². The van der Waals surface area contributed by atoms with E-state index in [4.69, 9.17) is 5.73 Å². The second-order valence-electron chi connectivity index (χ2n) is 7.10. The van der Waals surface area contributed by atoms with E-state index in [-0.39, 0.29) is 24.6 Å². The van der Waals surface area contributed by atoms with Crippen LogP contribution in [0.15, 0.2) is 60.9 Å². The molecular weight excluding hydrogens is 383 g/mol. The molecule has 5 rings (SSSR count). The number of nitrogens with one attached hydrogen (secondary N) is 1. The number of carbonyl (C=O) groups is 1. The first-order valence-electron chi connectivity index (χ1n) is 9.40. The molecule has 2 aromatic carbocycles. The van der Waals surface area contributed by atoms with Crippen molar-refractivity contribution in [1.29, 1.82) is 0 Å². The van der Waals surface area contributed by atoms with E-state index < -0.39 is 0 Å². The number of carbonyl (C=O) groups excluding carboxylic acids is 1. The highest BCUT2D eigenvalue weighted by atomic mass is 19.1. The number of nitrogen functional groups attached to an aromatic ring is 1. The van der Waals surface area contributed by atoms with Gasteiger partial charge in [0.15, 0.2) is 11.6 Å². The van der Waals surface area contributed by atoms with Crippen LogP contribution in [-0.4, -0.2) is 30.7 Å². The quantitative estimate of drug-likeness (QED) is 0.470. The molecule has 3 aromatic heterocycles. The fraction of sp³-hybridized carbons (Fsp3) is 0.0909. The molecule has 0 fully saturated rings. The van der Waals surface area contributed by atoms with Crippen molar-refractivity contribution in [3.63, 3.8) is 0 Å². The highest BCUT2D eigenvalue weighted by Gasteiger charge is 2.14. The van der Waals surface area contributed by atoms with Gasteiger partial charge in [-0.2, -0.15) is 10.2 Å². The molecule has 3 N–H and O–H groups in total. The van der Waals surface area contributed by atoms with Crippen LogP contribution in [0, 0.1) is 5.82 Å². The first-order chi connectivity index (χ1) is 14.6. The summed E-state index contributed by atoms with van der Waals surface area (Å²) in [6.45, 7) is 0.0240. The maximum absolute atomic E-state index is 13.8. The van der Waals surface area contributed by atoms with Crippen molar-refractivity contribution in [2.24, 2.45) is 0 Å². The Morgan fingerprint density at radius 2 is 2.00 bits per heavy atom. The molecule has 5 aromatic rings. The minimum absolute atomic E-state index is 0.00486. The van der Waals surface area contributed by atoms with Crippen LogP contribution < -0.4 is 5.73 Å². The van der Waals surface area contributed by atoms with E-state index in [1.165, 1.54) is 10.7 Å². The van der Waals surface area contributed by atoms with E-state index in [0.29, 0.717) is 16.9 Å². The molecule has 0 atom stereocenters. The molecule has 0 spiro atoms. The summed E-state index contributed by atoms with van der Waals surface area (Å²) in [5.41, 5.74) is 9.60. The van der Waals surface area contributed by atoms with Gasteiger partial charge in [-0.3, -0.25) is 14.6 Å². The molecule has 8 heteroatoms. The normalized spacial score (nSPS) is 11.4. The van der Waals surface area contributed by atoms with E-state index in [1.807, 2.05) is 24.3 Å². The minimum Gasteiger partial charge on any atom is -0.382 e. The number of aromatic amines is 1. The summed E-state index contributed by atoms with van der Waals surface area (Å²) in [5, 5.41) is 13.0. The van der Waals surface area contributed by atoms with E-state index in [2.05, 4.69) is 20.3 Å². The summed E-state index contributed by atoms with van der Waals surface area (Å²) in [4.78, 5) is 16.9. The number of aromatic nitrogens is 5. The Morgan fingerprint density at radius 3 is 2.80 bits per heavy atom. The van der Waals surface area contributed by atoms with Crippen molar-refractivity contribution >= 4 is 33.4 Å². The average Bonchev–Trinajstić information content (AvgIpc) is 3.40. The Labute approximate surface area is 170 Å². The largest absolute Gasteiger partial charge is 0.382 e. The Balaban J connectivity index is 1.49. The number of benzene rings is 2. The maximum atomic E-state index is 13.8. The molecule has 0 unspecified atom stereocenters.